The van der Waals surface area contributed by atoms with Crippen LogP contribution in [0.3, 0.4) is 0 Å². The van der Waals surface area contributed by atoms with Crippen LogP contribution in [0.15, 0.2) is 24.3 Å². The molecule has 1 aliphatic rings. The molecule has 1 fully saturated rings. The highest BCUT2D eigenvalue weighted by Gasteiger charge is 2.11. The molecule has 1 aromatic carbocycles. The number of hydrogen-bond donors (Lipinski definition) is 2. The number of halogens is 2. The number of amides is 1. The average molecular weight is 292 g/mol. The summed E-state index contributed by atoms with van der Waals surface area (Å²) < 4.78 is 0. The average Bonchev–Trinajstić information content (AvgIpc) is 2.39. The van der Waals surface area contributed by atoms with E-state index in [1.54, 1.807) is 7.05 Å². The number of nitrogens with zero attached hydrogens (tertiary/aromatic N) is 1. The number of hydrogen-bond acceptors (Lipinski definition) is 3. The van der Waals surface area contributed by atoms with E-state index >= 15 is 0 Å². The number of carbonyl (C=O) groups is 1. The first-order valence-electron chi connectivity index (χ1n) is 5.59. The molecular weight excluding hydrogens is 273 g/mol. The van der Waals surface area contributed by atoms with E-state index in [0.29, 0.717) is 0 Å². The maximum Gasteiger partial charge on any atom is 0.251 e. The van der Waals surface area contributed by atoms with E-state index in [0.717, 1.165) is 37.4 Å². The summed E-state index contributed by atoms with van der Waals surface area (Å²) in [6, 6.07) is 7.77. The second kappa shape index (κ2) is 8.19. The molecule has 2 rings (SSSR count). The monoisotopic (exact) mass is 291 g/mol. The van der Waals surface area contributed by atoms with Crippen LogP contribution in [0, 0.1) is 0 Å². The Labute approximate surface area is 120 Å². The van der Waals surface area contributed by atoms with E-state index in [4.69, 9.17) is 0 Å². The molecule has 0 aliphatic carbocycles. The van der Waals surface area contributed by atoms with Crippen molar-refractivity contribution in [1.29, 1.82) is 0 Å². The molecule has 1 aromatic rings. The lowest BCUT2D eigenvalue weighted by atomic mass is 10.1. The van der Waals surface area contributed by atoms with Crippen LogP contribution in [0.5, 0.6) is 0 Å². The summed E-state index contributed by atoms with van der Waals surface area (Å²) in [5.41, 5.74) is 1.85. The SMILES string of the molecule is CNC(=O)c1cccc(N2CCNCC2)c1.Cl.Cl. The lowest BCUT2D eigenvalue weighted by molar-refractivity contribution is 0.0963. The van der Waals surface area contributed by atoms with Gasteiger partial charge >= 0.3 is 0 Å². The highest BCUT2D eigenvalue weighted by atomic mass is 35.5. The molecular formula is C12H19Cl2N3O. The molecule has 1 aliphatic heterocycles. The van der Waals surface area contributed by atoms with Gasteiger partial charge in [0.05, 0.1) is 0 Å². The molecule has 18 heavy (non-hydrogen) atoms. The van der Waals surface area contributed by atoms with Gasteiger partial charge in [-0.05, 0) is 18.2 Å². The van der Waals surface area contributed by atoms with E-state index in [1.165, 1.54) is 0 Å². The molecule has 0 aromatic heterocycles. The Kier molecular flexibility index (Phi) is 7.75. The third-order valence-corrected chi connectivity index (χ3v) is 2.82. The van der Waals surface area contributed by atoms with Crippen molar-refractivity contribution in [3.05, 3.63) is 29.8 Å². The molecule has 0 atom stereocenters. The van der Waals surface area contributed by atoms with Crippen molar-refractivity contribution in [3.8, 4) is 0 Å². The number of nitrogens with one attached hydrogen (secondary N) is 2. The van der Waals surface area contributed by atoms with E-state index < -0.39 is 0 Å². The van der Waals surface area contributed by atoms with Crippen molar-refractivity contribution >= 4 is 36.4 Å². The molecule has 102 valence electrons. The molecule has 6 heteroatoms. The van der Waals surface area contributed by atoms with E-state index in [2.05, 4.69) is 21.6 Å². The van der Waals surface area contributed by atoms with Gasteiger partial charge in [0.1, 0.15) is 0 Å². The summed E-state index contributed by atoms with van der Waals surface area (Å²) in [5.74, 6) is -0.0306. The summed E-state index contributed by atoms with van der Waals surface area (Å²) in [6.45, 7) is 4.00. The summed E-state index contributed by atoms with van der Waals surface area (Å²) in [5, 5.41) is 5.95. The molecule has 0 unspecified atom stereocenters. The third-order valence-electron chi connectivity index (χ3n) is 2.82. The van der Waals surface area contributed by atoms with Gasteiger partial charge in [-0.25, -0.2) is 0 Å². The second-order valence-electron chi connectivity index (χ2n) is 3.87. The highest BCUT2D eigenvalue weighted by Crippen LogP contribution is 2.16. The fourth-order valence-corrected chi connectivity index (χ4v) is 1.91. The summed E-state index contributed by atoms with van der Waals surface area (Å²) in [4.78, 5) is 13.8. The van der Waals surface area contributed by atoms with Crippen LogP contribution >= 0.6 is 24.8 Å². The Morgan fingerprint density at radius 3 is 2.56 bits per heavy atom. The van der Waals surface area contributed by atoms with Crippen molar-refractivity contribution in [2.45, 2.75) is 0 Å². The summed E-state index contributed by atoms with van der Waals surface area (Å²) in [7, 11) is 1.65. The first-order chi connectivity index (χ1) is 7.81. The first-order valence-corrected chi connectivity index (χ1v) is 5.59. The standard InChI is InChI=1S/C12H17N3O.2ClH/c1-13-12(16)10-3-2-4-11(9-10)15-7-5-14-6-8-15;;/h2-4,9,14H,5-8H2,1H3,(H,13,16);2*1H. The topological polar surface area (TPSA) is 44.4 Å². The van der Waals surface area contributed by atoms with Crippen LogP contribution in [0.2, 0.25) is 0 Å². The maximum atomic E-state index is 11.5. The van der Waals surface area contributed by atoms with Gasteiger partial charge in [0.25, 0.3) is 5.91 Å². The van der Waals surface area contributed by atoms with Crippen LogP contribution in [-0.4, -0.2) is 39.1 Å². The maximum absolute atomic E-state index is 11.5. The Morgan fingerprint density at radius 2 is 1.94 bits per heavy atom. The van der Waals surface area contributed by atoms with Gasteiger partial charge in [0.15, 0.2) is 0 Å². The van der Waals surface area contributed by atoms with E-state index in [-0.39, 0.29) is 30.7 Å². The molecule has 4 nitrogen and oxygen atoms in total. The molecule has 0 spiro atoms. The Bertz CT molecular complexity index is 381. The number of carbonyl (C=O) groups excluding carboxylic acids is 1. The quantitative estimate of drug-likeness (QED) is 0.863. The van der Waals surface area contributed by atoms with Crippen molar-refractivity contribution < 1.29 is 4.79 Å². The smallest absolute Gasteiger partial charge is 0.251 e. The lowest BCUT2D eigenvalue weighted by Gasteiger charge is -2.29. The highest BCUT2D eigenvalue weighted by molar-refractivity contribution is 5.94. The Morgan fingerprint density at radius 1 is 1.28 bits per heavy atom. The van der Waals surface area contributed by atoms with Gasteiger partial charge in [-0.2, -0.15) is 0 Å². The second-order valence-corrected chi connectivity index (χ2v) is 3.87. The van der Waals surface area contributed by atoms with E-state index in [9.17, 15) is 4.79 Å². The zero-order valence-electron chi connectivity index (χ0n) is 10.3. The van der Waals surface area contributed by atoms with Crippen LogP contribution in [0.4, 0.5) is 5.69 Å². The fraction of sp³-hybridized carbons (Fsp3) is 0.417. The molecule has 1 saturated heterocycles. The minimum Gasteiger partial charge on any atom is -0.369 e. The largest absolute Gasteiger partial charge is 0.369 e. The van der Waals surface area contributed by atoms with Gasteiger partial charge in [-0.15, -0.1) is 24.8 Å². The van der Waals surface area contributed by atoms with Gasteiger partial charge in [0, 0.05) is 44.5 Å². The fourth-order valence-electron chi connectivity index (χ4n) is 1.91. The first kappa shape index (κ1) is 17.0. The Hall–Kier alpha value is -0.970. The zero-order valence-corrected chi connectivity index (χ0v) is 11.9. The minimum atomic E-state index is -0.0306. The predicted molar refractivity (Wildman–Crippen MR) is 79.4 cm³/mol. The molecule has 1 amide bonds. The van der Waals surface area contributed by atoms with Crippen molar-refractivity contribution in [2.75, 3.05) is 38.1 Å². The number of rotatable bonds is 2. The molecule has 0 bridgehead atoms. The summed E-state index contributed by atoms with van der Waals surface area (Å²) >= 11 is 0. The van der Waals surface area contributed by atoms with Crippen molar-refractivity contribution in [1.82, 2.24) is 10.6 Å². The minimum absolute atomic E-state index is 0. The van der Waals surface area contributed by atoms with Crippen LogP contribution in [0.1, 0.15) is 10.4 Å². The predicted octanol–water partition coefficient (Wildman–Crippen LogP) is 1.30. The molecule has 0 radical (unpaired) electrons. The number of anilines is 1. The van der Waals surface area contributed by atoms with Crippen LogP contribution < -0.4 is 15.5 Å². The normalized spacial score (nSPS) is 14.2. The van der Waals surface area contributed by atoms with Gasteiger partial charge in [0.2, 0.25) is 0 Å². The third kappa shape index (κ3) is 4.05. The summed E-state index contributed by atoms with van der Waals surface area (Å²) in [6.07, 6.45) is 0. The van der Waals surface area contributed by atoms with Crippen LogP contribution in [-0.2, 0) is 0 Å². The zero-order chi connectivity index (χ0) is 11.4. The molecule has 2 N–H and O–H groups in total. The Balaban J connectivity index is 0.00000144. The van der Waals surface area contributed by atoms with Gasteiger partial charge in [-0.1, -0.05) is 6.07 Å². The van der Waals surface area contributed by atoms with Gasteiger partial charge < -0.3 is 15.5 Å². The lowest BCUT2D eigenvalue weighted by Crippen LogP contribution is -2.43. The molecule has 0 saturated carbocycles. The van der Waals surface area contributed by atoms with Gasteiger partial charge in [-0.3, -0.25) is 4.79 Å². The van der Waals surface area contributed by atoms with Crippen LogP contribution in [0.25, 0.3) is 0 Å². The van der Waals surface area contributed by atoms with Crippen molar-refractivity contribution in [3.63, 3.8) is 0 Å². The number of benzene rings is 1. The molecule has 1 heterocycles. The van der Waals surface area contributed by atoms with Crippen molar-refractivity contribution in [2.24, 2.45) is 0 Å². The number of piperazine rings is 1. The van der Waals surface area contributed by atoms with E-state index in [1.807, 2.05) is 18.2 Å².